The number of rotatable bonds is 10. The molecular weight excluding hydrogens is 464 g/mol. The van der Waals surface area contributed by atoms with Crippen LogP contribution in [0.25, 0.3) is 0 Å². The van der Waals surface area contributed by atoms with Crippen molar-refractivity contribution in [1.82, 2.24) is 15.5 Å². The van der Waals surface area contributed by atoms with Gasteiger partial charge in [0.05, 0.1) is 17.7 Å². The smallest absolute Gasteiger partial charge is 0.224 e. The van der Waals surface area contributed by atoms with Crippen molar-refractivity contribution in [1.29, 1.82) is 0 Å². The fraction of sp³-hybridized carbons (Fsp3) is 0.500. The zero-order valence-corrected chi connectivity index (χ0v) is 21.5. The third kappa shape index (κ3) is 6.89. The number of aliphatic hydroxyl groups is 1. The monoisotopic (exact) mass is 501 g/mol. The highest BCUT2D eigenvalue weighted by molar-refractivity contribution is 5.79. The van der Waals surface area contributed by atoms with E-state index in [0.29, 0.717) is 31.0 Å². The number of hydrogen-bond donors (Lipinski definition) is 3. The zero-order valence-electron chi connectivity index (χ0n) is 21.5. The van der Waals surface area contributed by atoms with Gasteiger partial charge in [0.15, 0.2) is 0 Å². The Bertz CT molecular complexity index is 1060. The number of nitrogens with zero attached hydrogens (tertiary/aromatic N) is 1. The number of carbonyl (C=O) groups excluding carboxylic acids is 2. The molecule has 0 aromatic heterocycles. The Labute approximate surface area is 212 Å². The van der Waals surface area contributed by atoms with Crippen molar-refractivity contribution < 1.29 is 23.5 Å². The highest BCUT2D eigenvalue weighted by Gasteiger charge is 2.40. The molecule has 1 saturated heterocycles. The minimum Gasteiger partial charge on any atom is -0.390 e. The summed E-state index contributed by atoms with van der Waals surface area (Å²) in [5, 5.41) is 17.3. The first kappa shape index (κ1) is 27.7. The van der Waals surface area contributed by atoms with Crippen molar-refractivity contribution in [2.24, 2.45) is 0 Å². The lowest BCUT2D eigenvalue weighted by Crippen LogP contribution is -2.57. The molecule has 36 heavy (non-hydrogen) atoms. The van der Waals surface area contributed by atoms with Crippen LogP contribution in [-0.4, -0.2) is 53.6 Å². The molecule has 0 saturated carbocycles. The van der Waals surface area contributed by atoms with E-state index < -0.39 is 29.3 Å². The number of halogens is 2. The van der Waals surface area contributed by atoms with Crippen molar-refractivity contribution in [2.45, 2.75) is 70.6 Å². The summed E-state index contributed by atoms with van der Waals surface area (Å²) in [6, 6.07) is 10.5. The SMILES string of the molecule is CCN1CC[C@@](NC[C@@H](O)[C@H](Cc2cc(F)cc(F)c2)NC(C)=O)(c2cccc(C(C)C)c2)CC1=O. The molecule has 196 valence electrons. The first-order chi connectivity index (χ1) is 17.0. The second kappa shape index (κ2) is 11.9. The lowest BCUT2D eigenvalue weighted by Gasteiger charge is -2.43. The van der Waals surface area contributed by atoms with Gasteiger partial charge in [-0.05, 0) is 54.5 Å². The number of aliphatic hydroxyl groups excluding tert-OH is 1. The summed E-state index contributed by atoms with van der Waals surface area (Å²) in [6.07, 6.45) is -0.102. The maximum atomic E-state index is 13.7. The average Bonchev–Trinajstić information content (AvgIpc) is 2.81. The molecule has 1 fully saturated rings. The molecule has 2 aromatic rings. The summed E-state index contributed by atoms with van der Waals surface area (Å²) in [4.78, 5) is 26.6. The Morgan fingerprint density at radius 1 is 1.17 bits per heavy atom. The molecule has 0 spiro atoms. The molecule has 1 aliphatic rings. The van der Waals surface area contributed by atoms with Crippen LogP contribution in [0.3, 0.4) is 0 Å². The van der Waals surface area contributed by atoms with E-state index in [9.17, 15) is 23.5 Å². The number of hydrogen-bond acceptors (Lipinski definition) is 4. The molecule has 0 aliphatic carbocycles. The predicted octanol–water partition coefficient (Wildman–Crippen LogP) is 3.62. The van der Waals surface area contributed by atoms with Gasteiger partial charge in [-0.2, -0.15) is 0 Å². The molecule has 1 aliphatic heterocycles. The summed E-state index contributed by atoms with van der Waals surface area (Å²) in [6.45, 7) is 8.81. The Balaban J connectivity index is 1.85. The van der Waals surface area contributed by atoms with E-state index in [4.69, 9.17) is 0 Å². The lowest BCUT2D eigenvalue weighted by atomic mass is 9.79. The number of amides is 2. The van der Waals surface area contributed by atoms with Crippen LogP contribution < -0.4 is 10.6 Å². The van der Waals surface area contributed by atoms with Crippen molar-refractivity contribution >= 4 is 11.8 Å². The number of nitrogens with one attached hydrogen (secondary N) is 2. The standard InChI is InChI=1S/C28H37F2N3O3/c1-5-33-10-9-28(16-27(33)36,22-8-6-7-21(14-22)18(2)3)31-17-26(35)25(32-19(4)34)13-20-11-23(29)15-24(30)12-20/h6-8,11-12,14-15,18,25-26,31,35H,5,9-10,13,16-17H2,1-4H3,(H,32,34)/t25-,26+,28-/m0/s1. The van der Waals surface area contributed by atoms with E-state index in [1.165, 1.54) is 19.1 Å². The molecule has 0 unspecified atom stereocenters. The first-order valence-corrected chi connectivity index (χ1v) is 12.6. The van der Waals surface area contributed by atoms with Crippen LogP contribution in [0.2, 0.25) is 0 Å². The van der Waals surface area contributed by atoms with E-state index >= 15 is 0 Å². The van der Waals surface area contributed by atoms with Crippen LogP contribution >= 0.6 is 0 Å². The number of benzene rings is 2. The van der Waals surface area contributed by atoms with E-state index in [2.05, 4.69) is 36.6 Å². The summed E-state index contributed by atoms with van der Waals surface area (Å²) in [5.74, 6) is -1.44. The normalized spacial score (nSPS) is 19.9. The molecule has 3 rings (SSSR count). The van der Waals surface area contributed by atoms with Crippen LogP contribution in [0.5, 0.6) is 0 Å². The van der Waals surface area contributed by atoms with E-state index in [0.717, 1.165) is 17.2 Å². The van der Waals surface area contributed by atoms with Gasteiger partial charge in [-0.25, -0.2) is 8.78 Å². The Morgan fingerprint density at radius 2 is 1.86 bits per heavy atom. The van der Waals surface area contributed by atoms with Gasteiger partial charge in [-0.3, -0.25) is 9.59 Å². The van der Waals surface area contributed by atoms with E-state index in [-0.39, 0.29) is 31.2 Å². The van der Waals surface area contributed by atoms with Gasteiger partial charge in [-0.1, -0.05) is 38.1 Å². The summed E-state index contributed by atoms with van der Waals surface area (Å²) in [5.41, 5.74) is 1.79. The summed E-state index contributed by atoms with van der Waals surface area (Å²) >= 11 is 0. The maximum absolute atomic E-state index is 13.7. The number of piperidine rings is 1. The number of carbonyl (C=O) groups is 2. The third-order valence-corrected chi connectivity index (χ3v) is 6.98. The van der Waals surface area contributed by atoms with E-state index in [1.54, 1.807) is 0 Å². The van der Waals surface area contributed by atoms with Gasteiger partial charge in [0.2, 0.25) is 11.8 Å². The van der Waals surface area contributed by atoms with Crippen molar-refractivity contribution in [3.05, 3.63) is 70.8 Å². The molecule has 2 amide bonds. The molecule has 3 atom stereocenters. The second-order valence-corrected chi connectivity index (χ2v) is 10.00. The molecular formula is C28H37F2N3O3. The largest absolute Gasteiger partial charge is 0.390 e. The van der Waals surface area contributed by atoms with Crippen LogP contribution in [0.1, 0.15) is 63.1 Å². The lowest BCUT2D eigenvalue weighted by molar-refractivity contribution is -0.136. The van der Waals surface area contributed by atoms with Crippen LogP contribution in [0.15, 0.2) is 42.5 Å². The fourth-order valence-corrected chi connectivity index (χ4v) is 4.91. The fourth-order valence-electron chi connectivity index (χ4n) is 4.91. The van der Waals surface area contributed by atoms with Crippen LogP contribution in [0, 0.1) is 11.6 Å². The molecule has 8 heteroatoms. The minimum absolute atomic E-state index is 0.0364. The maximum Gasteiger partial charge on any atom is 0.224 e. The van der Waals surface area contributed by atoms with Crippen LogP contribution in [0.4, 0.5) is 8.78 Å². The molecule has 0 radical (unpaired) electrons. The van der Waals surface area contributed by atoms with E-state index in [1.807, 2.05) is 24.0 Å². The Morgan fingerprint density at radius 3 is 2.44 bits per heavy atom. The van der Waals surface area contributed by atoms with Gasteiger partial charge in [0.25, 0.3) is 0 Å². The quantitative estimate of drug-likeness (QED) is 0.465. The van der Waals surface area contributed by atoms with Crippen molar-refractivity contribution in [3.8, 4) is 0 Å². The highest BCUT2D eigenvalue weighted by Crippen LogP contribution is 2.35. The summed E-state index contributed by atoms with van der Waals surface area (Å²) < 4.78 is 27.4. The first-order valence-electron chi connectivity index (χ1n) is 12.6. The molecule has 0 bridgehead atoms. The third-order valence-electron chi connectivity index (χ3n) is 6.98. The van der Waals surface area contributed by atoms with Crippen molar-refractivity contribution in [3.63, 3.8) is 0 Å². The van der Waals surface area contributed by atoms with Crippen molar-refractivity contribution in [2.75, 3.05) is 19.6 Å². The average molecular weight is 502 g/mol. The Kier molecular flexibility index (Phi) is 9.19. The van der Waals surface area contributed by atoms with Gasteiger partial charge in [-0.15, -0.1) is 0 Å². The zero-order chi connectivity index (χ0) is 26.5. The van der Waals surface area contributed by atoms with Crippen LogP contribution in [-0.2, 0) is 21.5 Å². The van der Waals surface area contributed by atoms with Gasteiger partial charge in [0.1, 0.15) is 11.6 Å². The topological polar surface area (TPSA) is 81.7 Å². The predicted molar refractivity (Wildman–Crippen MR) is 135 cm³/mol. The van der Waals surface area contributed by atoms with Gasteiger partial charge < -0.3 is 20.6 Å². The van der Waals surface area contributed by atoms with Gasteiger partial charge in [0, 0.05) is 39.0 Å². The minimum atomic E-state index is -1.07. The molecule has 2 aromatic carbocycles. The molecule has 6 nitrogen and oxygen atoms in total. The highest BCUT2D eigenvalue weighted by atomic mass is 19.1. The molecule has 3 N–H and O–H groups in total. The second-order valence-electron chi connectivity index (χ2n) is 10.00. The van der Waals surface area contributed by atoms with Gasteiger partial charge >= 0.3 is 0 Å². The molecule has 1 heterocycles. The number of likely N-dealkylation sites (tertiary alicyclic amines) is 1. The summed E-state index contributed by atoms with van der Waals surface area (Å²) in [7, 11) is 0. The Hall–Kier alpha value is -2.84.